The van der Waals surface area contributed by atoms with E-state index in [2.05, 4.69) is 39.6 Å². The summed E-state index contributed by atoms with van der Waals surface area (Å²) in [7, 11) is 0. The second-order valence-electron chi connectivity index (χ2n) is 11.1. The minimum atomic E-state index is -1.33. The molecule has 0 spiro atoms. The van der Waals surface area contributed by atoms with Crippen LogP contribution in [0.2, 0.25) is 0 Å². The molecule has 2 aromatic carbocycles. The number of alkyl halides is 1. The molecule has 0 saturated carbocycles. The number of benzene rings is 2. The highest BCUT2D eigenvalue weighted by Gasteiger charge is 2.35. The molecule has 1 aliphatic carbocycles. The summed E-state index contributed by atoms with van der Waals surface area (Å²) >= 11 is 0. The lowest BCUT2D eigenvalue weighted by molar-refractivity contribution is -0.0995. The minimum Gasteiger partial charge on any atom is -0.441 e. The summed E-state index contributed by atoms with van der Waals surface area (Å²) in [5.41, 5.74) is 6.47. The van der Waals surface area contributed by atoms with E-state index in [4.69, 9.17) is 20.7 Å². The predicted molar refractivity (Wildman–Crippen MR) is 165 cm³/mol. The normalized spacial score (nSPS) is 15.5. The van der Waals surface area contributed by atoms with Gasteiger partial charge in [-0.3, -0.25) is 4.84 Å². The van der Waals surface area contributed by atoms with Crippen molar-refractivity contribution in [3.05, 3.63) is 94.5 Å². The molecule has 1 aliphatic heterocycles. The molecule has 1 unspecified atom stereocenters. The van der Waals surface area contributed by atoms with E-state index in [1.807, 2.05) is 6.92 Å². The average Bonchev–Trinajstić information content (AvgIpc) is 3.35. The van der Waals surface area contributed by atoms with Crippen molar-refractivity contribution in [1.82, 2.24) is 10.5 Å². The van der Waals surface area contributed by atoms with E-state index in [0.717, 1.165) is 34.8 Å². The zero-order chi connectivity index (χ0) is 31.1. The van der Waals surface area contributed by atoms with E-state index < -0.39 is 18.6 Å². The van der Waals surface area contributed by atoms with Gasteiger partial charge in [0.1, 0.15) is 29.8 Å². The van der Waals surface area contributed by atoms with Gasteiger partial charge in [-0.05, 0) is 92.1 Å². The first-order valence-corrected chi connectivity index (χ1v) is 14.7. The van der Waals surface area contributed by atoms with Crippen LogP contribution >= 0.6 is 0 Å². The van der Waals surface area contributed by atoms with Gasteiger partial charge < -0.3 is 19.5 Å². The highest BCUT2D eigenvalue weighted by molar-refractivity contribution is 6.01. The number of unbranched alkanes of at least 4 members (excludes halogenated alkanes) is 1. The number of halogens is 2. The first-order chi connectivity index (χ1) is 21.3. The molecule has 8 nitrogen and oxygen atoms in total. The second-order valence-corrected chi connectivity index (χ2v) is 11.1. The van der Waals surface area contributed by atoms with E-state index in [1.54, 1.807) is 30.4 Å². The number of aliphatic hydroxyl groups excluding tert-OH is 1. The first kappa shape index (κ1) is 31.1. The molecule has 1 aromatic heterocycles. The van der Waals surface area contributed by atoms with Crippen LogP contribution < -0.4 is 10.4 Å². The van der Waals surface area contributed by atoms with Crippen LogP contribution in [0.15, 0.2) is 69.6 Å². The Morgan fingerprint density at radius 2 is 1.98 bits per heavy atom. The van der Waals surface area contributed by atoms with Crippen molar-refractivity contribution in [3.8, 4) is 12.5 Å². The Labute approximate surface area is 255 Å². The van der Waals surface area contributed by atoms with Crippen molar-refractivity contribution < 1.29 is 28.2 Å². The highest BCUT2D eigenvalue weighted by atomic mass is 19.1. The van der Waals surface area contributed by atoms with Crippen LogP contribution in [0.4, 0.5) is 20.2 Å². The molecule has 2 aliphatic rings. The molecule has 0 saturated heterocycles. The van der Waals surface area contributed by atoms with E-state index >= 15 is 0 Å². The Morgan fingerprint density at radius 1 is 1.16 bits per heavy atom. The number of nitrogens with one attached hydrogen (secondary N) is 1. The number of aryl methyl sites for hydroxylation is 1. The molecule has 5 rings (SSSR count). The number of amidine groups is 1. The Balaban J connectivity index is 1.36. The summed E-state index contributed by atoms with van der Waals surface area (Å²) in [6.07, 6.45) is 13.1. The van der Waals surface area contributed by atoms with Gasteiger partial charge in [0, 0.05) is 24.6 Å². The lowest BCUT2D eigenvalue weighted by Crippen LogP contribution is -2.33. The molecule has 0 radical (unpaired) electrons. The summed E-state index contributed by atoms with van der Waals surface area (Å²) in [6.45, 7) is 1.88. The number of nitrogens with zero attached hydrogens (tertiary/aromatic N) is 3. The van der Waals surface area contributed by atoms with Gasteiger partial charge >= 0.3 is 0 Å². The number of aliphatic imine (C=N–C) groups is 1. The zero-order valence-electron chi connectivity index (χ0n) is 24.6. The third kappa shape index (κ3) is 7.42. The van der Waals surface area contributed by atoms with Gasteiger partial charge in [0.2, 0.25) is 5.89 Å². The molecule has 0 bridgehead atoms. The van der Waals surface area contributed by atoms with Gasteiger partial charge in [0.25, 0.3) is 0 Å². The number of fused-ring (bicyclic) bond motifs is 2. The molecule has 2 heterocycles. The number of terminal acetylenes is 1. The summed E-state index contributed by atoms with van der Waals surface area (Å²) in [5.74, 6) is 1.52. The van der Waals surface area contributed by atoms with Gasteiger partial charge in [-0.15, -0.1) is 0 Å². The monoisotopic (exact) mass is 602 g/mol. The lowest BCUT2D eigenvalue weighted by atomic mass is 9.95. The molecule has 0 fully saturated rings. The van der Waals surface area contributed by atoms with Gasteiger partial charge in [-0.2, -0.15) is 0 Å². The molecule has 44 heavy (non-hydrogen) atoms. The number of anilines is 1. The quantitative estimate of drug-likeness (QED) is 0.0708. The largest absolute Gasteiger partial charge is 0.441 e. The molecule has 3 N–H and O–H groups in total. The van der Waals surface area contributed by atoms with E-state index in [0.29, 0.717) is 68.0 Å². The summed E-state index contributed by atoms with van der Waals surface area (Å²) in [4.78, 5) is 17.6. The smallest absolute Gasteiger partial charge is 0.229 e. The third-order valence-corrected chi connectivity index (χ3v) is 7.86. The summed E-state index contributed by atoms with van der Waals surface area (Å²) < 4.78 is 32.9. The summed E-state index contributed by atoms with van der Waals surface area (Å²) in [5, 5.41) is 18.5. The fraction of sp³-hybridized carbons (Fsp3) is 0.353. The Bertz CT molecular complexity index is 1590. The number of hydrogen-bond acceptors (Lipinski definition) is 8. The number of oxazole rings is 1. The molecule has 0 amide bonds. The fourth-order valence-electron chi connectivity index (χ4n) is 5.30. The lowest BCUT2D eigenvalue weighted by Gasteiger charge is -2.31. The van der Waals surface area contributed by atoms with Crippen molar-refractivity contribution in [1.29, 1.82) is 0 Å². The number of hydrogen-bond donors (Lipinski definition) is 3. The number of rotatable bonds is 13. The summed E-state index contributed by atoms with van der Waals surface area (Å²) in [6, 6.07) is 14.8. The number of aromatic nitrogens is 1. The SMILES string of the molecule is C#CNOC(C)(CCc1ccc2c(c1)N=C(CCCCC(O)O)N(c1ccc(F)cc1)C2)c1nc2c(o1)CC=C(CF)C=C2. The van der Waals surface area contributed by atoms with E-state index in [9.17, 15) is 19.0 Å². The van der Waals surface area contributed by atoms with Crippen LogP contribution in [-0.2, 0) is 29.8 Å². The van der Waals surface area contributed by atoms with Crippen LogP contribution in [0.5, 0.6) is 0 Å². The predicted octanol–water partition coefficient (Wildman–Crippen LogP) is 6.16. The van der Waals surface area contributed by atoms with E-state index in [-0.39, 0.29) is 5.82 Å². The molecule has 10 heteroatoms. The van der Waals surface area contributed by atoms with Crippen molar-refractivity contribution in [2.75, 3.05) is 11.6 Å². The average molecular weight is 603 g/mol. The highest BCUT2D eigenvalue weighted by Crippen LogP contribution is 2.35. The van der Waals surface area contributed by atoms with Gasteiger partial charge in [-0.25, -0.2) is 24.2 Å². The molecule has 3 aromatic rings. The van der Waals surface area contributed by atoms with E-state index in [1.165, 1.54) is 12.1 Å². The molecule has 1 atom stereocenters. The van der Waals surface area contributed by atoms with Crippen molar-refractivity contribution in [2.24, 2.45) is 4.99 Å². The van der Waals surface area contributed by atoms with Crippen molar-refractivity contribution in [3.63, 3.8) is 0 Å². The molecule has 230 valence electrons. The molecular formula is C34H36F2N4O4. The number of aliphatic hydroxyl groups is 2. The van der Waals surface area contributed by atoms with Crippen LogP contribution in [0.3, 0.4) is 0 Å². The maximum atomic E-state index is 13.6. The number of hydroxylamine groups is 1. The maximum Gasteiger partial charge on any atom is 0.229 e. The second kappa shape index (κ2) is 14.0. The van der Waals surface area contributed by atoms with Crippen LogP contribution in [0.1, 0.15) is 67.5 Å². The van der Waals surface area contributed by atoms with Crippen LogP contribution in [0, 0.1) is 18.3 Å². The first-order valence-electron chi connectivity index (χ1n) is 14.7. The third-order valence-electron chi connectivity index (χ3n) is 7.86. The Morgan fingerprint density at radius 3 is 2.73 bits per heavy atom. The van der Waals surface area contributed by atoms with Gasteiger partial charge in [0.15, 0.2) is 11.9 Å². The zero-order valence-corrected chi connectivity index (χ0v) is 24.6. The Hall–Kier alpha value is -4.30. The van der Waals surface area contributed by atoms with Crippen molar-refractivity contribution >= 4 is 23.3 Å². The fourth-order valence-corrected chi connectivity index (χ4v) is 5.30. The van der Waals surface area contributed by atoms with Crippen LogP contribution in [-0.4, -0.2) is 34.0 Å². The molecular weight excluding hydrogens is 566 g/mol. The standard InChI is InChI=1S/C34H36F2N4O4/c1-3-37-44-34(2,33-39-28-16-9-24(21-35)10-17-30(28)43-33)19-18-23-8-11-25-22-40(27-14-12-26(36)13-15-27)31(38-29(25)20-23)6-4-5-7-32(41)42/h1,8-16,20,32,37,41-42H,4-7,17-19,21-22H2,2H3. The topological polar surface area (TPSA) is 103 Å². The Kier molecular flexibility index (Phi) is 9.90. The van der Waals surface area contributed by atoms with Crippen molar-refractivity contribution in [2.45, 2.75) is 70.3 Å². The van der Waals surface area contributed by atoms with Gasteiger partial charge in [0.05, 0.1) is 12.2 Å². The minimum absolute atomic E-state index is 0.291. The van der Waals surface area contributed by atoms with Crippen LogP contribution in [0.25, 0.3) is 6.08 Å². The number of allylic oxidation sites excluding steroid dienone is 3. The van der Waals surface area contributed by atoms with Gasteiger partial charge in [-0.1, -0.05) is 30.7 Å². The maximum absolute atomic E-state index is 13.6.